The summed E-state index contributed by atoms with van der Waals surface area (Å²) in [6.07, 6.45) is -1.96. The van der Waals surface area contributed by atoms with Crippen LogP contribution in [0.5, 0.6) is 0 Å². The van der Waals surface area contributed by atoms with Gasteiger partial charge in [0, 0.05) is 44.0 Å². The first-order valence-corrected chi connectivity index (χ1v) is 14.9. The van der Waals surface area contributed by atoms with Crippen molar-refractivity contribution in [2.45, 2.75) is 57.2 Å². The molecule has 3 atom stereocenters. The zero-order chi connectivity index (χ0) is 31.4. The number of benzene rings is 2. The molecule has 0 bridgehead atoms. The van der Waals surface area contributed by atoms with Gasteiger partial charge in [0.2, 0.25) is 11.8 Å². The lowest BCUT2D eigenvalue weighted by Crippen LogP contribution is -2.61. The monoisotopic (exact) mass is 622 g/mol. The maximum Gasteiger partial charge on any atom is 0.351 e. The molecule has 3 rings (SSSR count). The fourth-order valence-electron chi connectivity index (χ4n) is 4.78. The molecular weight excluding hydrogens is 582 g/mol. The van der Waals surface area contributed by atoms with Crippen molar-refractivity contribution in [3.05, 3.63) is 70.7 Å². The summed E-state index contributed by atoms with van der Waals surface area (Å²) in [7, 11) is 0. The second kappa shape index (κ2) is 16.7. The van der Waals surface area contributed by atoms with Gasteiger partial charge in [-0.1, -0.05) is 67.9 Å². The van der Waals surface area contributed by atoms with Crippen molar-refractivity contribution in [3.8, 4) is 0 Å². The van der Waals surface area contributed by atoms with E-state index < -0.39 is 47.7 Å². The molecule has 4 N–H and O–H groups in total. The van der Waals surface area contributed by atoms with Crippen molar-refractivity contribution in [3.63, 3.8) is 0 Å². The van der Waals surface area contributed by atoms with Crippen LogP contribution in [-0.2, 0) is 32.0 Å². The molecule has 0 radical (unpaired) electrons. The number of carbonyl (C=O) groups is 3. The lowest BCUT2D eigenvalue weighted by atomic mass is 9.93. The van der Waals surface area contributed by atoms with Gasteiger partial charge >= 0.3 is 5.92 Å². The second-order valence-electron chi connectivity index (χ2n) is 11.0. The molecule has 1 fully saturated rings. The minimum Gasteiger partial charge on any atom is -0.384 e. The summed E-state index contributed by atoms with van der Waals surface area (Å²) in [6.45, 7) is 5.78. The van der Waals surface area contributed by atoms with Gasteiger partial charge < -0.3 is 25.8 Å². The van der Waals surface area contributed by atoms with Gasteiger partial charge in [0.15, 0.2) is 0 Å². The van der Waals surface area contributed by atoms with Crippen LogP contribution in [0.3, 0.4) is 0 Å². The molecule has 43 heavy (non-hydrogen) atoms. The number of aliphatic hydroxyl groups is 1. The average Bonchev–Trinajstić information content (AvgIpc) is 2.99. The maximum atomic E-state index is 15.2. The van der Waals surface area contributed by atoms with Gasteiger partial charge in [-0.25, -0.2) is 0 Å². The number of hydrogen-bond donors (Lipinski definition) is 4. The van der Waals surface area contributed by atoms with Gasteiger partial charge in [0.1, 0.15) is 12.1 Å². The maximum absolute atomic E-state index is 15.2. The summed E-state index contributed by atoms with van der Waals surface area (Å²) in [4.78, 5) is 40.7. The summed E-state index contributed by atoms with van der Waals surface area (Å²) in [5, 5.41) is 18.6. The Hall–Kier alpha value is -3.12. The molecule has 1 heterocycles. The molecular formula is C31H41ClF2N4O5. The van der Waals surface area contributed by atoms with Crippen LogP contribution in [0.4, 0.5) is 8.78 Å². The average molecular weight is 623 g/mol. The minimum absolute atomic E-state index is 0.0276. The molecule has 236 valence electrons. The fraction of sp³-hybridized carbons (Fsp3) is 0.516. The van der Waals surface area contributed by atoms with Crippen LogP contribution in [-0.4, -0.2) is 91.2 Å². The molecule has 12 heteroatoms. The number of nitrogens with zero attached hydrogens (tertiary/aromatic N) is 1. The van der Waals surface area contributed by atoms with E-state index in [-0.39, 0.29) is 19.4 Å². The lowest BCUT2D eigenvalue weighted by Gasteiger charge is -2.33. The number of aliphatic hydroxyl groups excluding tert-OH is 1. The molecule has 2 aromatic rings. The summed E-state index contributed by atoms with van der Waals surface area (Å²) in [5.74, 6) is -7.63. The highest BCUT2D eigenvalue weighted by molar-refractivity contribution is 6.30. The van der Waals surface area contributed by atoms with E-state index in [1.54, 1.807) is 62.4 Å². The highest BCUT2D eigenvalue weighted by atomic mass is 35.5. The van der Waals surface area contributed by atoms with Crippen molar-refractivity contribution in [2.24, 2.45) is 5.92 Å². The number of carbonyl (C=O) groups excluding carboxylic acids is 3. The highest BCUT2D eigenvalue weighted by Crippen LogP contribution is 2.25. The van der Waals surface area contributed by atoms with Crippen LogP contribution in [0.15, 0.2) is 54.6 Å². The first-order valence-electron chi connectivity index (χ1n) is 14.5. The predicted molar refractivity (Wildman–Crippen MR) is 160 cm³/mol. The standard InChI is InChI=1S/C31H41ClF2N4O5/c1-21(2)27(28(40)31(33,34)30(42)35-13-14-38-15-17-43-18-16-38)37-29(41)25(20-22-7-4-3-5-8-22)36-26(39)12-11-23-9-6-10-24(32)19-23/h3-10,19,21,25,27-28,40H,11-18,20H2,1-2H3,(H,35,42)(H,36,39)(H,37,41)/t25?,27-,28?/m0/s1. The minimum atomic E-state index is -4.18. The van der Waals surface area contributed by atoms with E-state index in [4.69, 9.17) is 16.3 Å². The van der Waals surface area contributed by atoms with Gasteiger partial charge in [-0.3, -0.25) is 19.3 Å². The van der Waals surface area contributed by atoms with Gasteiger partial charge in [-0.05, 0) is 35.6 Å². The van der Waals surface area contributed by atoms with E-state index in [0.29, 0.717) is 44.3 Å². The number of amides is 3. The SMILES string of the molecule is CC(C)[C@H](NC(=O)C(Cc1ccccc1)NC(=O)CCc1cccc(Cl)c1)C(O)C(F)(F)C(=O)NCCN1CCOCC1. The van der Waals surface area contributed by atoms with E-state index >= 15 is 8.78 Å². The smallest absolute Gasteiger partial charge is 0.351 e. The third kappa shape index (κ3) is 10.8. The Bertz CT molecular complexity index is 1200. The van der Waals surface area contributed by atoms with Crippen molar-refractivity contribution in [1.82, 2.24) is 20.9 Å². The highest BCUT2D eigenvalue weighted by Gasteiger charge is 2.51. The Morgan fingerprint density at radius 3 is 2.35 bits per heavy atom. The van der Waals surface area contributed by atoms with Crippen LogP contribution in [0, 0.1) is 5.92 Å². The zero-order valence-corrected chi connectivity index (χ0v) is 25.3. The number of aryl methyl sites for hydroxylation is 1. The third-order valence-corrected chi connectivity index (χ3v) is 7.56. The topological polar surface area (TPSA) is 120 Å². The quantitative estimate of drug-likeness (QED) is 0.242. The molecule has 2 aromatic carbocycles. The van der Waals surface area contributed by atoms with E-state index in [1.807, 2.05) is 11.0 Å². The number of hydrogen-bond acceptors (Lipinski definition) is 6. The van der Waals surface area contributed by atoms with E-state index in [2.05, 4.69) is 16.0 Å². The van der Waals surface area contributed by atoms with Gasteiger partial charge in [-0.2, -0.15) is 8.78 Å². The Morgan fingerprint density at radius 2 is 1.70 bits per heavy atom. The number of ether oxygens (including phenoxy) is 1. The first-order chi connectivity index (χ1) is 20.5. The number of alkyl halides is 2. The molecule has 9 nitrogen and oxygen atoms in total. The second-order valence-corrected chi connectivity index (χ2v) is 11.4. The summed E-state index contributed by atoms with van der Waals surface area (Å²) >= 11 is 6.03. The molecule has 0 aromatic heterocycles. The zero-order valence-electron chi connectivity index (χ0n) is 24.5. The van der Waals surface area contributed by atoms with Crippen LogP contribution >= 0.6 is 11.6 Å². The summed E-state index contributed by atoms with van der Waals surface area (Å²) < 4.78 is 35.6. The lowest BCUT2D eigenvalue weighted by molar-refractivity contribution is -0.169. The van der Waals surface area contributed by atoms with Crippen LogP contribution < -0.4 is 16.0 Å². The molecule has 2 unspecified atom stereocenters. The van der Waals surface area contributed by atoms with Gasteiger partial charge in [0.05, 0.1) is 19.3 Å². The molecule has 0 spiro atoms. The van der Waals surface area contributed by atoms with Crippen molar-refractivity contribution in [2.75, 3.05) is 39.4 Å². The number of nitrogens with one attached hydrogen (secondary N) is 3. The van der Waals surface area contributed by atoms with Crippen molar-refractivity contribution in [1.29, 1.82) is 0 Å². The van der Waals surface area contributed by atoms with Crippen molar-refractivity contribution < 1.29 is 33.0 Å². The van der Waals surface area contributed by atoms with E-state index in [9.17, 15) is 19.5 Å². The Kier molecular flexibility index (Phi) is 13.3. The van der Waals surface area contributed by atoms with E-state index in [1.165, 1.54) is 0 Å². The molecule has 1 saturated heterocycles. The Morgan fingerprint density at radius 1 is 1.02 bits per heavy atom. The molecule has 0 saturated carbocycles. The van der Waals surface area contributed by atoms with Gasteiger partial charge in [-0.15, -0.1) is 0 Å². The Balaban J connectivity index is 1.66. The Labute approximate surface area is 256 Å². The van der Waals surface area contributed by atoms with Crippen LogP contribution in [0.2, 0.25) is 5.02 Å². The van der Waals surface area contributed by atoms with Crippen LogP contribution in [0.25, 0.3) is 0 Å². The van der Waals surface area contributed by atoms with Gasteiger partial charge in [0.25, 0.3) is 5.91 Å². The normalized spacial score (nSPS) is 16.3. The molecule has 1 aliphatic rings. The number of rotatable bonds is 15. The fourth-order valence-corrected chi connectivity index (χ4v) is 4.99. The molecule has 0 aliphatic carbocycles. The summed E-state index contributed by atoms with van der Waals surface area (Å²) in [5.41, 5.74) is 1.59. The molecule has 1 aliphatic heterocycles. The number of morpholine rings is 1. The number of halogens is 3. The first kappa shape index (κ1) is 34.4. The third-order valence-electron chi connectivity index (χ3n) is 7.32. The van der Waals surface area contributed by atoms with E-state index in [0.717, 1.165) is 11.1 Å². The predicted octanol–water partition coefficient (Wildman–Crippen LogP) is 2.59. The summed E-state index contributed by atoms with van der Waals surface area (Å²) in [6, 6.07) is 13.4. The van der Waals surface area contributed by atoms with Crippen molar-refractivity contribution >= 4 is 29.3 Å². The van der Waals surface area contributed by atoms with Crippen LogP contribution in [0.1, 0.15) is 31.4 Å². The molecule has 3 amide bonds. The largest absolute Gasteiger partial charge is 0.384 e.